The topological polar surface area (TPSA) is 46.6 Å². The number of amides is 1. The summed E-state index contributed by atoms with van der Waals surface area (Å²) >= 11 is 3.30. The van der Waals surface area contributed by atoms with E-state index >= 15 is 0 Å². The lowest BCUT2D eigenvalue weighted by molar-refractivity contribution is -0.148. The van der Waals surface area contributed by atoms with Crippen LogP contribution in [0.3, 0.4) is 0 Å². The maximum atomic E-state index is 11.9. The highest BCUT2D eigenvalue weighted by atomic mass is 79.9. The number of hydrogen-bond donors (Lipinski definition) is 0. The van der Waals surface area contributed by atoms with Gasteiger partial charge in [-0.2, -0.15) is 0 Å². The zero-order valence-electron chi connectivity index (χ0n) is 9.94. The Labute approximate surface area is 109 Å². The Hall–Kier alpha value is -1.36. The second-order valence-corrected chi connectivity index (χ2v) is 4.66. The van der Waals surface area contributed by atoms with E-state index in [0.29, 0.717) is 5.56 Å². The molecule has 0 fully saturated rings. The number of hydrogen-bond acceptors (Lipinski definition) is 3. The summed E-state index contributed by atoms with van der Waals surface area (Å²) in [4.78, 5) is 25.0. The van der Waals surface area contributed by atoms with Crippen LogP contribution in [-0.2, 0) is 14.3 Å². The van der Waals surface area contributed by atoms with Gasteiger partial charge in [0.05, 0.1) is 7.11 Å². The predicted octanol–water partition coefficient (Wildman–Crippen LogP) is 1.79. The minimum absolute atomic E-state index is 0.292. The van der Waals surface area contributed by atoms with Gasteiger partial charge in [-0.15, -0.1) is 0 Å². The van der Waals surface area contributed by atoms with Crippen LogP contribution in [-0.4, -0.2) is 38.0 Å². The molecular formula is C12H14BrNO3. The maximum absolute atomic E-state index is 11.9. The lowest BCUT2D eigenvalue weighted by atomic mass is 9.98. The van der Waals surface area contributed by atoms with E-state index in [2.05, 4.69) is 20.7 Å². The fourth-order valence-electron chi connectivity index (χ4n) is 1.41. The number of rotatable bonds is 3. The molecule has 0 bridgehead atoms. The molecule has 4 nitrogen and oxygen atoms in total. The van der Waals surface area contributed by atoms with Crippen molar-refractivity contribution >= 4 is 27.8 Å². The van der Waals surface area contributed by atoms with Gasteiger partial charge in [-0.05, 0) is 17.7 Å². The van der Waals surface area contributed by atoms with Crippen molar-refractivity contribution in [1.29, 1.82) is 0 Å². The Morgan fingerprint density at radius 1 is 1.24 bits per heavy atom. The summed E-state index contributed by atoms with van der Waals surface area (Å²) in [6.45, 7) is 0. The van der Waals surface area contributed by atoms with E-state index in [9.17, 15) is 9.59 Å². The minimum atomic E-state index is -0.900. The van der Waals surface area contributed by atoms with Crippen molar-refractivity contribution in [2.75, 3.05) is 21.2 Å². The van der Waals surface area contributed by atoms with Crippen molar-refractivity contribution in [1.82, 2.24) is 4.90 Å². The number of methoxy groups -OCH3 is 1. The Morgan fingerprint density at radius 2 is 1.76 bits per heavy atom. The first kappa shape index (κ1) is 13.7. The molecule has 0 aliphatic rings. The molecular weight excluding hydrogens is 286 g/mol. The van der Waals surface area contributed by atoms with Crippen LogP contribution in [0, 0.1) is 0 Å². The number of esters is 1. The van der Waals surface area contributed by atoms with E-state index in [1.807, 2.05) is 0 Å². The number of ether oxygens (including phenoxy) is 1. The summed E-state index contributed by atoms with van der Waals surface area (Å²) in [5.41, 5.74) is 0.624. The molecule has 1 atom stereocenters. The average Bonchev–Trinajstić information content (AvgIpc) is 2.31. The summed E-state index contributed by atoms with van der Waals surface area (Å²) in [7, 11) is 4.49. The second-order valence-electron chi connectivity index (χ2n) is 3.74. The molecule has 0 heterocycles. The van der Waals surface area contributed by atoms with Gasteiger partial charge in [0.25, 0.3) is 0 Å². The van der Waals surface area contributed by atoms with Crippen LogP contribution in [0.25, 0.3) is 0 Å². The maximum Gasteiger partial charge on any atom is 0.322 e. The van der Waals surface area contributed by atoms with E-state index in [-0.39, 0.29) is 5.91 Å². The number of carbonyl (C=O) groups is 2. The van der Waals surface area contributed by atoms with Gasteiger partial charge in [-0.3, -0.25) is 9.59 Å². The molecule has 0 saturated carbocycles. The third-order valence-corrected chi connectivity index (χ3v) is 2.86. The molecule has 92 valence electrons. The van der Waals surface area contributed by atoms with Gasteiger partial charge in [0, 0.05) is 18.6 Å². The van der Waals surface area contributed by atoms with Gasteiger partial charge in [0.2, 0.25) is 5.91 Å². The zero-order chi connectivity index (χ0) is 13.0. The summed E-state index contributed by atoms with van der Waals surface area (Å²) < 4.78 is 5.56. The van der Waals surface area contributed by atoms with E-state index in [4.69, 9.17) is 0 Å². The minimum Gasteiger partial charge on any atom is -0.468 e. The Balaban J connectivity index is 3.10. The molecule has 1 unspecified atom stereocenters. The van der Waals surface area contributed by atoms with Gasteiger partial charge in [0.1, 0.15) is 0 Å². The first-order valence-corrected chi connectivity index (χ1v) is 5.81. The number of halogens is 1. The fraction of sp³-hybridized carbons (Fsp3) is 0.333. The van der Waals surface area contributed by atoms with Crippen molar-refractivity contribution in [3.05, 3.63) is 34.3 Å². The summed E-state index contributed by atoms with van der Waals surface area (Å²) in [6, 6.07) is 7.03. The van der Waals surface area contributed by atoms with E-state index < -0.39 is 11.9 Å². The molecule has 1 rings (SSSR count). The van der Waals surface area contributed by atoms with E-state index in [0.717, 1.165) is 4.47 Å². The molecule has 17 heavy (non-hydrogen) atoms. The molecule has 0 spiro atoms. The Morgan fingerprint density at radius 3 is 2.18 bits per heavy atom. The molecule has 5 heteroatoms. The summed E-state index contributed by atoms with van der Waals surface area (Å²) in [5, 5.41) is 0. The first-order valence-electron chi connectivity index (χ1n) is 5.02. The van der Waals surface area contributed by atoms with Crippen LogP contribution in [0.2, 0.25) is 0 Å². The third-order valence-electron chi connectivity index (χ3n) is 2.33. The SMILES string of the molecule is COC(=O)C(C(=O)N(C)C)c1ccc(Br)cc1. The highest BCUT2D eigenvalue weighted by molar-refractivity contribution is 9.10. The lowest BCUT2D eigenvalue weighted by Crippen LogP contribution is -2.33. The van der Waals surface area contributed by atoms with Gasteiger partial charge in [0.15, 0.2) is 5.92 Å². The number of carbonyl (C=O) groups excluding carboxylic acids is 2. The second kappa shape index (κ2) is 5.82. The Kier molecular flexibility index (Phi) is 4.69. The standard InChI is InChI=1S/C12H14BrNO3/c1-14(2)11(15)10(12(16)17-3)8-4-6-9(13)7-5-8/h4-7,10H,1-3H3. The molecule has 0 aromatic heterocycles. The van der Waals surface area contributed by atoms with Crippen LogP contribution >= 0.6 is 15.9 Å². The normalized spacial score (nSPS) is 11.8. The van der Waals surface area contributed by atoms with Crippen molar-refractivity contribution in [3.63, 3.8) is 0 Å². The molecule has 0 aliphatic heterocycles. The number of benzene rings is 1. The smallest absolute Gasteiger partial charge is 0.322 e. The fourth-order valence-corrected chi connectivity index (χ4v) is 1.68. The molecule has 0 N–H and O–H groups in total. The number of likely N-dealkylation sites (N-methyl/N-ethyl adjacent to an activating group) is 1. The van der Waals surface area contributed by atoms with Gasteiger partial charge >= 0.3 is 5.97 Å². The first-order chi connectivity index (χ1) is 7.97. The van der Waals surface area contributed by atoms with Gasteiger partial charge in [-0.1, -0.05) is 28.1 Å². The van der Waals surface area contributed by atoms with E-state index in [1.165, 1.54) is 12.0 Å². The highest BCUT2D eigenvalue weighted by Gasteiger charge is 2.30. The Bertz CT molecular complexity index is 414. The van der Waals surface area contributed by atoms with Crippen molar-refractivity contribution in [3.8, 4) is 0 Å². The average molecular weight is 300 g/mol. The largest absolute Gasteiger partial charge is 0.468 e. The quantitative estimate of drug-likeness (QED) is 0.631. The highest BCUT2D eigenvalue weighted by Crippen LogP contribution is 2.21. The zero-order valence-corrected chi connectivity index (χ0v) is 11.5. The van der Waals surface area contributed by atoms with Crippen LogP contribution in [0.15, 0.2) is 28.7 Å². The summed E-state index contributed by atoms with van der Waals surface area (Å²) in [5.74, 6) is -1.74. The third kappa shape index (κ3) is 3.30. The van der Waals surface area contributed by atoms with Crippen molar-refractivity contribution < 1.29 is 14.3 Å². The van der Waals surface area contributed by atoms with Crippen LogP contribution in [0.4, 0.5) is 0 Å². The molecule has 0 aliphatic carbocycles. The molecule has 1 amide bonds. The molecule has 0 saturated heterocycles. The van der Waals surface area contributed by atoms with Crippen molar-refractivity contribution in [2.24, 2.45) is 0 Å². The van der Waals surface area contributed by atoms with Gasteiger partial charge in [-0.25, -0.2) is 0 Å². The summed E-state index contributed by atoms with van der Waals surface area (Å²) in [6.07, 6.45) is 0. The lowest BCUT2D eigenvalue weighted by Gasteiger charge is -2.18. The van der Waals surface area contributed by atoms with Crippen LogP contribution in [0.5, 0.6) is 0 Å². The molecule has 0 radical (unpaired) electrons. The van der Waals surface area contributed by atoms with E-state index in [1.54, 1.807) is 38.4 Å². The van der Waals surface area contributed by atoms with Gasteiger partial charge < -0.3 is 9.64 Å². The number of nitrogens with zero attached hydrogens (tertiary/aromatic N) is 1. The van der Waals surface area contributed by atoms with Crippen LogP contribution < -0.4 is 0 Å². The van der Waals surface area contributed by atoms with Crippen molar-refractivity contribution in [2.45, 2.75) is 5.92 Å². The van der Waals surface area contributed by atoms with Crippen LogP contribution in [0.1, 0.15) is 11.5 Å². The monoisotopic (exact) mass is 299 g/mol. The molecule has 1 aromatic carbocycles. The molecule has 1 aromatic rings. The predicted molar refractivity (Wildman–Crippen MR) is 67.6 cm³/mol.